The van der Waals surface area contributed by atoms with E-state index in [0.717, 1.165) is 6.42 Å². The molecule has 0 aromatic carbocycles. The number of carbonyl (C=O) groups excluding carboxylic acids is 1. The molecule has 1 aliphatic rings. The molecule has 3 heteroatoms. The Hall–Kier alpha value is -1.25. The molecule has 1 unspecified atom stereocenters. The Kier molecular flexibility index (Phi) is 3.12. The van der Waals surface area contributed by atoms with Gasteiger partial charge in [0.1, 0.15) is 0 Å². The normalized spacial score (nSPS) is 21.8. The van der Waals surface area contributed by atoms with Crippen LogP contribution in [0.2, 0.25) is 0 Å². The molecule has 0 aromatic heterocycles. The van der Waals surface area contributed by atoms with E-state index in [1.807, 2.05) is 13.0 Å². The van der Waals surface area contributed by atoms with Gasteiger partial charge in [0, 0.05) is 11.3 Å². The maximum Gasteiger partial charge on any atom is 0.334 e. The number of ether oxygens (including phenoxy) is 1. The first-order valence-corrected chi connectivity index (χ1v) is 4.49. The molecule has 3 nitrogen and oxygen atoms in total. The number of esters is 1. The summed E-state index contributed by atoms with van der Waals surface area (Å²) in [4.78, 5) is 11.4. The van der Waals surface area contributed by atoms with Crippen LogP contribution in [0.5, 0.6) is 0 Å². The Balaban J connectivity index is 2.76. The highest BCUT2D eigenvalue weighted by molar-refractivity contribution is 5.89. The first kappa shape index (κ1) is 9.84. The summed E-state index contributed by atoms with van der Waals surface area (Å²) in [6.07, 6.45) is 4.44. The highest BCUT2D eigenvalue weighted by atomic mass is 16.5. The quantitative estimate of drug-likeness (QED) is 0.654. The molecule has 72 valence electrons. The molecular weight excluding hydrogens is 166 g/mol. The van der Waals surface area contributed by atoms with Crippen LogP contribution in [0.4, 0.5) is 0 Å². The third-order valence-corrected chi connectivity index (χ3v) is 2.07. The zero-order valence-electron chi connectivity index (χ0n) is 8.04. The Morgan fingerprint density at radius 2 is 2.46 bits per heavy atom. The SMILES string of the molecule is CCOC(=O)C1=CC(N)=CCC1C. The number of allylic oxidation sites excluding steroid dienone is 2. The van der Waals surface area contributed by atoms with E-state index in [1.54, 1.807) is 13.0 Å². The third-order valence-electron chi connectivity index (χ3n) is 2.07. The van der Waals surface area contributed by atoms with Crippen LogP contribution in [-0.4, -0.2) is 12.6 Å². The topological polar surface area (TPSA) is 52.3 Å². The molecular formula is C10H15NO2. The zero-order valence-corrected chi connectivity index (χ0v) is 8.04. The minimum atomic E-state index is -0.244. The lowest BCUT2D eigenvalue weighted by Gasteiger charge is -2.17. The van der Waals surface area contributed by atoms with E-state index in [4.69, 9.17) is 10.5 Å². The summed E-state index contributed by atoms with van der Waals surface area (Å²) >= 11 is 0. The Labute approximate surface area is 78.3 Å². The molecule has 2 N–H and O–H groups in total. The molecule has 0 radical (unpaired) electrons. The predicted molar refractivity (Wildman–Crippen MR) is 50.8 cm³/mol. The maximum atomic E-state index is 11.4. The summed E-state index contributed by atoms with van der Waals surface area (Å²) in [5, 5.41) is 0. The Morgan fingerprint density at radius 3 is 3.08 bits per heavy atom. The van der Waals surface area contributed by atoms with Crippen LogP contribution in [0.15, 0.2) is 23.4 Å². The second-order valence-corrected chi connectivity index (χ2v) is 3.16. The number of nitrogens with two attached hydrogens (primary N) is 1. The fourth-order valence-corrected chi connectivity index (χ4v) is 1.30. The minimum absolute atomic E-state index is 0.214. The molecule has 1 rings (SSSR count). The van der Waals surface area contributed by atoms with E-state index < -0.39 is 0 Å². The first-order chi connectivity index (χ1) is 6.15. The van der Waals surface area contributed by atoms with Crippen molar-refractivity contribution in [1.82, 2.24) is 0 Å². The van der Waals surface area contributed by atoms with E-state index in [0.29, 0.717) is 17.9 Å². The molecule has 1 aliphatic carbocycles. The Morgan fingerprint density at radius 1 is 1.77 bits per heavy atom. The summed E-state index contributed by atoms with van der Waals surface area (Å²) in [5.74, 6) is -0.0302. The van der Waals surface area contributed by atoms with Crippen LogP contribution in [0.1, 0.15) is 20.3 Å². The largest absolute Gasteiger partial charge is 0.463 e. The van der Waals surface area contributed by atoms with Gasteiger partial charge in [-0.15, -0.1) is 0 Å². The summed E-state index contributed by atoms with van der Waals surface area (Å²) in [7, 11) is 0. The van der Waals surface area contributed by atoms with Gasteiger partial charge in [-0.3, -0.25) is 0 Å². The van der Waals surface area contributed by atoms with Gasteiger partial charge in [-0.25, -0.2) is 4.79 Å². The monoisotopic (exact) mass is 181 g/mol. The van der Waals surface area contributed by atoms with Crippen molar-refractivity contribution in [2.45, 2.75) is 20.3 Å². The molecule has 1 atom stereocenters. The second kappa shape index (κ2) is 4.12. The van der Waals surface area contributed by atoms with Gasteiger partial charge in [-0.2, -0.15) is 0 Å². The second-order valence-electron chi connectivity index (χ2n) is 3.16. The van der Waals surface area contributed by atoms with Crippen LogP contribution in [0, 0.1) is 5.92 Å². The molecule has 0 saturated carbocycles. The van der Waals surface area contributed by atoms with Gasteiger partial charge >= 0.3 is 5.97 Å². The number of rotatable bonds is 2. The van der Waals surface area contributed by atoms with Gasteiger partial charge in [-0.05, 0) is 25.3 Å². The predicted octanol–water partition coefficient (Wildman–Crippen LogP) is 1.36. The zero-order chi connectivity index (χ0) is 9.84. The van der Waals surface area contributed by atoms with Crippen LogP contribution in [0.25, 0.3) is 0 Å². The van der Waals surface area contributed by atoms with E-state index in [-0.39, 0.29) is 11.9 Å². The highest BCUT2D eigenvalue weighted by Gasteiger charge is 2.20. The molecule has 0 fully saturated rings. The summed E-state index contributed by atoms with van der Waals surface area (Å²) in [5.41, 5.74) is 6.93. The third kappa shape index (κ3) is 2.34. The molecule has 0 aromatic rings. The lowest BCUT2D eigenvalue weighted by Crippen LogP contribution is -2.17. The van der Waals surface area contributed by atoms with Gasteiger partial charge in [0.25, 0.3) is 0 Å². The van der Waals surface area contributed by atoms with E-state index in [1.165, 1.54) is 0 Å². The van der Waals surface area contributed by atoms with Crippen molar-refractivity contribution < 1.29 is 9.53 Å². The summed E-state index contributed by atoms with van der Waals surface area (Å²) in [6, 6.07) is 0. The molecule has 0 saturated heterocycles. The van der Waals surface area contributed by atoms with Crippen LogP contribution < -0.4 is 5.73 Å². The van der Waals surface area contributed by atoms with E-state index >= 15 is 0 Å². The van der Waals surface area contributed by atoms with Gasteiger partial charge in [-0.1, -0.05) is 13.0 Å². The van der Waals surface area contributed by atoms with E-state index in [2.05, 4.69) is 0 Å². The van der Waals surface area contributed by atoms with Crippen molar-refractivity contribution in [3.63, 3.8) is 0 Å². The fraction of sp³-hybridized carbons (Fsp3) is 0.500. The first-order valence-electron chi connectivity index (χ1n) is 4.49. The lowest BCUT2D eigenvalue weighted by molar-refractivity contribution is -0.139. The molecule has 0 amide bonds. The van der Waals surface area contributed by atoms with Crippen LogP contribution in [-0.2, 0) is 9.53 Å². The minimum Gasteiger partial charge on any atom is -0.463 e. The van der Waals surface area contributed by atoms with Gasteiger partial charge in [0.15, 0.2) is 0 Å². The molecule has 0 aliphatic heterocycles. The number of carbonyl (C=O) groups is 1. The maximum absolute atomic E-state index is 11.4. The van der Waals surface area contributed by atoms with Crippen molar-refractivity contribution in [3.8, 4) is 0 Å². The summed E-state index contributed by atoms with van der Waals surface area (Å²) < 4.78 is 4.91. The van der Waals surface area contributed by atoms with Gasteiger partial charge in [0.2, 0.25) is 0 Å². The van der Waals surface area contributed by atoms with Gasteiger partial charge < -0.3 is 10.5 Å². The molecule has 0 heterocycles. The molecule has 13 heavy (non-hydrogen) atoms. The van der Waals surface area contributed by atoms with Crippen molar-refractivity contribution in [1.29, 1.82) is 0 Å². The van der Waals surface area contributed by atoms with Crippen molar-refractivity contribution in [2.75, 3.05) is 6.61 Å². The smallest absolute Gasteiger partial charge is 0.334 e. The van der Waals surface area contributed by atoms with Crippen molar-refractivity contribution in [2.24, 2.45) is 11.7 Å². The number of hydrogen-bond acceptors (Lipinski definition) is 3. The number of hydrogen-bond donors (Lipinski definition) is 1. The van der Waals surface area contributed by atoms with Crippen molar-refractivity contribution in [3.05, 3.63) is 23.4 Å². The van der Waals surface area contributed by atoms with Crippen LogP contribution in [0.3, 0.4) is 0 Å². The van der Waals surface area contributed by atoms with E-state index in [9.17, 15) is 4.79 Å². The average molecular weight is 181 g/mol. The fourth-order valence-electron chi connectivity index (χ4n) is 1.30. The van der Waals surface area contributed by atoms with Crippen molar-refractivity contribution >= 4 is 5.97 Å². The lowest BCUT2D eigenvalue weighted by atomic mass is 9.92. The average Bonchev–Trinajstić information content (AvgIpc) is 2.09. The summed E-state index contributed by atoms with van der Waals surface area (Å²) in [6.45, 7) is 4.20. The molecule has 0 bridgehead atoms. The standard InChI is InChI=1S/C10H15NO2/c1-3-13-10(12)9-6-8(11)5-4-7(9)2/h5-7H,3-4,11H2,1-2H3. The molecule has 0 spiro atoms. The highest BCUT2D eigenvalue weighted by Crippen LogP contribution is 2.22. The van der Waals surface area contributed by atoms with Gasteiger partial charge in [0.05, 0.1) is 6.61 Å². The Bertz CT molecular complexity index is 266. The van der Waals surface area contributed by atoms with Crippen LogP contribution >= 0.6 is 0 Å².